The fraction of sp³-hybridized carbons (Fsp3) is 0.100. The summed E-state index contributed by atoms with van der Waals surface area (Å²) in [4.78, 5) is 37.2. The van der Waals surface area contributed by atoms with Crippen LogP contribution in [0.1, 0.15) is 12.5 Å². The average molecular weight is 474 g/mol. The van der Waals surface area contributed by atoms with Crippen molar-refractivity contribution in [3.8, 4) is 5.75 Å². The Bertz CT molecular complexity index is 1020. The van der Waals surface area contributed by atoms with E-state index in [1.807, 2.05) is 0 Å². The first-order chi connectivity index (χ1) is 13.8. The van der Waals surface area contributed by atoms with Crippen LogP contribution in [0.4, 0.5) is 5.69 Å². The molecule has 148 valence electrons. The van der Waals surface area contributed by atoms with E-state index in [0.717, 1.165) is 4.47 Å². The van der Waals surface area contributed by atoms with Gasteiger partial charge in [-0.25, -0.2) is 0 Å². The van der Waals surface area contributed by atoms with Crippen LogP contribution in [0.3, 0.4) is 0 Å². The van der Waals surface area contributed by atoms with E-state index in [1.54, 1.807) is 36.4 Å². The van der Waals surface area contributed by atoms with Gasteiger partial charge in [0.05, 0.1) is 11.7 Å². The van der Waals surface area contributed by atoms with Crippen LogP contribution in [0.25, 0.3) is 6.08 Å². The molecule has 0 radical (unpaired) electrons. The Morgan fingerprint density at radius 3 is 2.38 bits per heavy atom. The Labute approximate surface area is 180 Å². The first kappa shape index (κ1) is 20.7. The summed E-state index contributed by atoms with van der Waals surface area (Å²) in [5.41, 5.74) is 0.993. The molecule has 0 bridgehead atoms. The highest BCUT2D eigenvalue weighted by molar-refractivity contribution is 9.10. The van der Waals surface area contributed by atoms with Gasteiger partial charge >= 0.3 is 0 Å². The fourth-order valence-electron chi connectivity index (χ4n) is 2.54. The summed E-state index contributed by atoms with van der Waals surface area (Å²) >= 11 is 8.49. The maximum Gasteiger partial charge on any atom is 0.270 e. The number of hydrogen-bond donors (Lipinski definition) is 1. The van der Waals surface area contributed by atoms with E-state index in [-0.39, 0.29) is 10.7 Å². The zero-order valence-electron chi connectivity index (χ0n) is 15.0. The number of hydrogen-bond acceptors (Lipinski definition) is 6. The molecule has 3 rings (SSSR count). The third-order valence-electron chi connectivity index (χ3n) is 4.02. The number of carboxylic acids is 1. The van der Waals surface area contributed by atoms with Crippen LogP contribution in [0, 0.1) is 0 Å². The second-order valence-electron chi connectivity index (χ2n) is 6.08. The van der Waals surface area contributed by atoms with Gasteiger partial charge in [0, 0.05) is 4.47 Å². The van der Waals surface area contributed by atoms with Crippen LogP contribution in [0.15, 0.2) is 58.6 Å². The molecule has 9 heteroatoms. The monoisotopic (exact) mass is 473 g/mol. The summed E-state index contributed by atoms with van der Waals surface area (Å²) in [7, 11) is 0. The number of ether oxygens (including phenoxy) is 1. The highest BCUT2D eigenvalue weighted by Gasteiger charge is 2.34. The van der Waals surface area contributed by atoms with Crippen molar-refractivity contribution in [1.82, 2.24) is 5.32 Å². The Morgan fingerprint density at radius 1 is 1.17 bits per heavy atom. The first-order valence-electron chi connectivity index (χ1n) is 8.41. The van der Waals surface area contributed by atoms with E-state index in [0.29, 0.717) is 17.0 Å². The molecular weight excluding hydrogens is 460 g/mol. The minimum atomic E-state index is -1.33. The third-order valence-corrected chi connectivity index (χ3v) is 4.84. The SMILES string of the molecule is C[C@@H](Oc1ccc(/C=C2\C(=O)NC(=S)N(c3ccc(Br)cc3)C2=O)cc1)C(=O)[O-]. The largest absolute Gasteiger partial charge is 0.546 e. The summed E-state index contributed by atoms with van der Waals surface area (Å²) in [5, 5.41) is 13.3. The minimum Gasteiger partial charge on any atom is -0.546 e. The molecule has 29 heavy (non-hydrogen) atoms. The van der Waals surface area contributed by atoms with Gasteiger partial charge in [-0.15, -0.1) is 0 Å². The summed E-state index contributed by atoms with van der Waals surface area (Å²) in [5.74, 6) is -2.16. The van der Waals surface area contributed by atoms with Gasteiger partial charge in [-0.1, -0.05) is 28.1 Å². The lowest BCUT2D eigenvalue weighted by Gasteiger charge is -2.29. The molecule has 0 aliphatic carbocycles. The molecule has 0 unspecified atom stereocenters. The van der Waals surface area contributed by atoms with E-state index in [2.05, 4.69) is 21.2 Å². The van der Waals surface area contributed by atoms with Crippen molar-refractivity contribution in [2.45, 2.75) is 13.0 Å². The minimum absolute atomic E-state index is 0.000474. The van der Waals surface area contributed by atoms with Crippen molar-refractivity contribution in [3.05, 3.63) is 64.1 Å². The lowest BCUT2D eigenvalue weighted by Crippen LogP contribution is -2.54. The van der Waals surface area contributed by atoms with E-state index in [9.17, 15) is 19.5 Å². The number of rotatable bonds is 5. The fourth-order valence-corrected chi connectivity index (χ4v) is 3.09. The Hall–Kier alpha value is -3.04. The second kappa shape index (κ2) is 8.54. The lowest BCUT2D eigenvalue weighted by molar-refractivity contribution is -0.312. The number of amides is 2. The van der Waals surface area contributed by atoms with E-state index in [1.165, 1.54) is 30.0 Å². The maximum atomic E-state index is 12.9. The molecule has 1 saturated heterocycles. The number of anilines is 1. The molecule has 1 aliphatic heterocycles. The highest BCUT2D eigenvalue weighted by Crippen LogP contribution is 2.24. The molecule has 7 nitrogen and oxygen atoms in total. The van der Waals surface area contributed by atoms with Crippen molar-refractivity contribution in [3.63, 3.8) is 0 Å². The van der Waals surface area contributed by atoms with Gasteiger partial charge < -0.3 is 14.6 Å². The van der Waals surface area contributed by atoms with Crippen LogP contribution < -0.4 is 20.1 Å². The molecular formula is C20H14BrN2O5S-. The van der Waals surface area contributed by atoms with Crippen LogP contribution in [0.2, 0.25) is 0 Å². The normalized spacial score (nSPS) is 16.6. The van der Waals surface area contributed by atoms with Crippen molar-refractivity contribution < 1.29 is 24.2 Å². The smallest absolute Gasteiger partial charge is 0.270 e. The average Bonchev–Trinajstić information content (AvgIpc) is 2.67. The Balaban J connectivity index is 1.86. The van der Waals surface area contributed by atoms with Gasteiger partial charge in [0.25, 0.3) is 11.8 Å². The predicted octanol–water partition coefficient (Wildman–Crippen LogP) is 1.80. The molecule has 1 atom stereocenters. The molecule has 1 N–H and O–H groups in total. The van der Waals surface area contributed by atoms with Crippen LogP contribution in [-0.2, 0) is 14.4 Å². The van der Waals surface area contributed by atoms with Crippen molar-refractivity contribution in [2.24, 2.45) is 0 Å². The number of carboxylic acid groups (broad SMARTS) is 1. The van der Waals surface area contributed by atoms with E-state index >= 15 is 0 Å². The standard InChI is InChI=1S/C20H15BrN2O5S/c1-11(19(26)27)28-15-8-2-12(3-9-15)10-16-17(24)22-20(29)23(18(16)25)14-6-4-13(21)5-7-14/h2-11H,1H3,(H,26,27)(H,22,24,29)/p-1/b16-10+/t11-/m1/s1. The number of nitrogens with one attached hydrogen (secondary N) is 1. The van der Waals surface area contributed by atoms with Crippen molar-refractivity contribution in [2.75, 3.05) is 4.90 Å². The first-order valence-corrected chi connectivity index (χ1v) is 9.61. The maximum absolute atomic E-state index is 12.9. The number of halogens is 1. The van der Waals surface area contributed by atoms with Gasteiger partial charge in [0.2, 0.25) is 0 Å². The molecule has 0 saturated carbocycles. The highest BCUT2D eigenvalue weighted by atomic mass is 79.9. The number of aliphatic carboxylic acids is 1. The van der Waals surface area contributed by atoms with Gasteiger partial charge in [-0.3, -0.25) is 19.8 Å². The van der Waals surface area contributed by atoms with Gasteiger partial charge in [0.1, 0.15) is 17.4 Å². The Kier molecular flexibility index (Phi) is 6.09. The van der Waals surface area contributed by atoms with E-state index in [4.69, 9.17) is 17.0 Å². The molecule has 0 spiro atoms. The summed E-state index contributed by atoms with van der Waals surface area (Å²) in [6.45, 7) is 1.36. The number of thiocarbonyl (C=S) groups is 1. The molecule has 2 amide bonds. The topological polar surface area (TPSA) is 98.8 Å². The van der Waals surface area contributed by atoms with Crippen molar-refractivity contribution >= 4 is 62.8 Å². The molecule has 1 heterocycles. The lowest BCUT2D eigenvalue weighted by atomic mass is 10.1. The zero-order valence-corrected chi connectivity index (χ0v) is 17.5. The van der Waals surface area contributed by atoms with Crippen LogP contribution in [-0.4, -0.2) is 29.0 Å². The quantitative estimate of drug-likeness (QED) is 0.403. The third kappa shape index (κ3) is 4.69. The second-order valence-corrected chi connectivity index (χ2v) is 7.38. The molecule has 1 aliphatic rings. The van der Waals surface area contributed by atoms with Crippen LogP contribution >= 0.6 is 28.1 Å². The number of nitrogens with zero attached hydrogens (tertiary/aromatic N) is 1. The summed E-state index contributed by atoms with van der Waals surface area (Å²) in [6, 6.07) is 13.2. The summed E-state index contributed by atoms with van der Waals surface area (Å²) in [6.07, 6.45) is 0.322. The van der Waals surface area contributed by atoms with Gasteiger partial charge in [-0.2, -0.15) is 0 Å². The molecule has 1 fully saturated rings. The number of carbonyl (C=O) groups is 3. The van der Waals surface area contributed by atoms with Gasteiger partial charge in [-0.05, 0) is 67.2 Å². The van der Waals surface area contributed by atoms with Crippen molar-refractivity contribution in [1.29, 1.82) is 0 Å². The molecule has 2 aromatic rings. The van der Waals surface area contributed by atoms with Crippen LogP contribution in [0.5, 0.6) is 5.75 Å². The van der Waals surface area contributed by atoms with E-state index < -0.39 is 23.9 Å². The molecule has 0 aromatic heterocycles. The van der Waals surface area contributed by atoms with Gasteiger partial charge in [0.15, 0.2) is 5.11 Å². The predicted molar refractivity (Wildman–Crippen MR) is 112 cm³/mol. The number of benzene rings is 2. The molecule has 2 aromatic carbocycles. The Morgan fingerprint density at radius 2 is 1.79 bits per heavy atom. The number of carbonyl (C=O) groups excluding carboxylic acids is 3. The zero-order chi connectivity index (χ0) is 21.1. The summed E-state index contributed by atoms with van der Waals surface area (Å²) < 4.78 is 6.04.